The van der Waals surface area contributed by atoms with Crippen molar-refractivity contribution < 1.29 is 9.90 Å². The highest BCUT2D eigenvalue weighted by Crippen LogP contribution is 2.13. The van der Waals surface area contributed by atoms with E-state index in [0.717, 1.165) is 11.1 Å². The molecule has 0 aliphatic carbocycles. The molecule has 1 aromatic heterocycles. The number of phenolic OH excluding ortho intramolecular Hbond substituents is 1. The molecule has 19 heavy (non-hydrogen) atoms. The minimum absolute atomic E-state index is 0.203. The Kier molecular flexibility index (Phi) is 3.87. The Morgan fingerprint density at radius 2 is 2.26 bits per heavy atom. The van der Waals surface area contributed by atoms with Crippen molar-refractivity contribution in [2.45, 2.75) is 6.92 Å². The molecule has 0 radical (unpaired) electrons. The normalized spacial score (nSPS) is 10.6. The van der Waals surface area contributed by atoms with Gasteiger partial charge in [-0.15, -0.1) is 0 Å². The van der Waals surface area contributed by atoms with E-state index in [1.54, 1.807) is 36.5 Å². The van der Waals surface area contributed by atoms with Crippen LogP contribution in [0.4, 0.5) is 0 Å². The van der Waals surface area contributed by atoms with Crippen molar-refractivity contribution in [1.29, 1.82) is 0 Å². The largest absolute Gasteiger partial charge is 0.508 e. The predicted molar refractivity (Wildman–Crippen MR) is 72.1 cm³/mol. The lowest BCUT2D eigenvalue weighted by Crippen LogP contribution is -2.17. The summed E-state index contributed by atoms with van der Waals surface area (Å²) in [5, 5.41) is 13.2. The number of carbonyl (C=O) groups is 1. The Morgan fingerprint density at radius 1 is 1.42 bits per heavy atom. The zero-order chi connectivity index (χ0) is 13.7. The van der Waals surface area contributed by atoms with Gasteiger partial charge in [0.15, 0.2) is 0 Å². The van der Waals surface area contributed by atoms with E-state index in [9.17, 15) is 9.90 Å². The first-order valence-electron chi connectivity index (χ1n) is 5.70. The topological polar surface area (TPSA) is 74.6 Å². The molecule has 0 unspecified atom stereocenters. The zero-order valence-corrected chi connectivity index (χ0v) is 10.4. The summed E-state index contributed by atoms with van der Waals surface area (Å²) in [6.45, 7) is 1.85. The summed E-state index contributed by atoms with van der Waals surface area (Å²) in [4.78, 5) is 15.5. The van der Waals surface area contributed by atoms with Crippen LogP contribution >= 0.6 is 0 Å². The second-order valence-electron chi connectivity index (χ2n) is 3.98. The van der Waals surface area contributed by atoms with Crippen LogP contribution in [0.2, 0.25) is 0 Å². The maximum absolute atomic E-state index is 11.7. The van der Waals surface area contributed by atoms with Crippen molar-refractivity contribution >= 4 is 12.1 Å². The van der Waals surface area contributed by atoms with Crippen molar-refractivity contribution in [1.82, 2.24) is 10.4 Å². The van der Waals surface area contributed by atoms with Crippen LogP contribution in [-0.2, 0) is 0 Å². The molecule has 1 aromatic carbocycles. The molecule has 0 saturated heterocycles. The number of rotatable bonds is 3. The van der Waals surface area contributed by atoms with Crippen molar-refractivity contribution in [2.75, 3.05) is 0 Å². The van der Waals surface area contributed by atoms with Crippen LogP contribution in [0.3, 0.4) is 0 Å². The number of nitrogens with zero attached hydrogens (tertiary/aromatic N) is 2. The lowest BCUT2D eigenvalue weighted by Gasteiger charge is -2.01. The summed E-state index contributed by atoms with van der Waals surface area (Å²) in [6, 6.07) is 8.26. The van der Waals surface area contributed by atoms with Crippen LogP contribution in [-0.4, -0.2) is 22.2 Å². The highest BCUT2D eigenvalue weighted by Gasteiger charge is 2.02. The molecule has 0 aliphatic heterocycles. The van der Waals surface area contributed by atoms with Gasteiger partial charge in [-0.25, -0.2) is 5.43 Å². The van der Waals surface area contributed by atoms with Gasteiger partial charge in [-0.2, -0.15) is 5.10 Å². The number of nitrogens with one attached hydrogen (secondary N) is 1. The molecule has 5 heteroatoms. The van der Waals surface area contributed by atoms with E-state index >= 15 is 0 Å². The minimum atomic E-state index is -0.319. The Hall–Kier alpha value is -2.69. The molecule has 0 aliphatic rings. The quantitative estimate of drug-likeness (QED) is 0.649. The number of hydrogen-bond acceptors (Lipinski definition) is 4. The van der Waals surface area contributed by atoms with Crippen LogP contribution in [0.25, 0.3) is 0 Å². The van der Waals surface area contributed by atoms with Crippen molar-refractivity contribution in [3.63, 3.8) is 0 Å². The molecule has 0 saturated carbocycles. The molecule has 5 nitrogen and oxygen atoms in total. The summed E-state index contributed by atoms with van der Waals surface area (Å²) in [7, 11) is 0. The SMILES string of the molecule is Cc1cc(O)ccc1/C=N/NC(=O)c1cccnc1. The van der Waals surface area contributed by atoms with Crippen molar-refractivity contribution in [3.8, 4) is 5.75 Å². The molecule has 1 amide bonds. The first-order valence-corrected chi connectivity index (χ1v) is 5.70. The minimum Gasteiger partial charge on any atom is -0.508 e. The van der Waals surface area contributed by atoms with Crippen LogP contribution in [0.5, 0.6) is 5.75 Å². The molecular weight excluding hydrogens is 242 g/mol. The van der Waals surface area contributed by atoms with E-state index in [1.165, 1.54) is 12.4 Å². The predicted octanol–water partition coefficient (Wildman–Crippen LogP) is 1.86. The fourth-order valence-electron chi connectivity index (χ4n) is 1.53. The third-order valence-corrected chi connectivity index (χ3v) is 2.55. The van der Waals surface area contributed by atoms with Gasteiger partial charge in [0.1, 0.15) is 5.75 Å². The summed E-state index contributed by atoms with van der Waals surface area (Å²) in [6.07, 6.45) is 4.60. The van der Waals surface area contributed by atoms with E-state index < -0.39 is 0 Å². The third-order valence-electron chi connectivity index (χ3n) is 2.55. The number of phenols is 1. The molecule has 96 valence electrons. The number of pyridine rings is 1. The molecular formula is C14H13N3O2. The maximum atomic E-state index is 11.7. The van der Waals surface area contributed by atoms with Gasteiger partial charge in [-0.05, 0) is 48.4 Å². The standard InChI is InChI=1S/C14H13N3O2/c1-10-7-13(18)5-4-11(10)9-16-17-14(19)12-3-2-6-15-8-12/h2-9,18H,1H3,(H,17,19)/b16-9+. The molecule has 0 spiro atoms. The van der Waals surface area contributed by atoms with Gasteiger partial charge < -0.3 is 5.11 Å². The fraction of sp³-hybridized carbons (Fsp3) is 0.0714. The number of hydrazone groups is 1. The molecule has 0 bridgehead atoms. The molecule has 2 aromatic rings. The first kappa shape index (κ1) is 12.8. The van der Waals surface area contributed by atoms with E-state index in [-0.39, 0.29) is 11.7 Å². The van der Waals surface area contributed by atoms with E-state index in [4.69, 9.17) is 0 Å². The summed E-state index contributed by atoms with van der Waals surface area (Å²) in [5.41, 5.74) is 4.56. The van der Waals surface area contributed by atoms with Crippen LogP contribution in [0.1, 0.15) is 21.5 Å². The monoisotopic (exact) mass is 255 g/mol. The highest BCUT2D eigenvalue weighted by atomic mass is 16.3. The van der Waals surface area contributed by atoms with Crippen molar-refractivity contribution in [3.05, 3.63) is 59.4 Å². The number of hydrogen-bond donors (Lipinski definition) is 2. The smallest absolute Gasteiger partial charge is 0.272 e. The molecule has 0 fully saturated rings. The first-order chi connectivity index (χ1) is 9.16. The number of carbonyl (C=O) groups excluding carboxylic acids is 1. The Labute approximate surface area is 110 Å². The Morgan fingerprint density at radius 3 is 2.95 bits per heavy atom. The van der Waals surface area contributed by atoms with Crippen molar-refractivity contribution in [2.24, 2.45) is 5.10 Å². The zero-order valence-electron chi connectivity index (χ0n) is 10.4. The lowest BCUT2D eigenvalue weighted by atomic mass is 10.1. The Balaban J connectivity index is 2.02. The summed E-state index contributed by atoms with van der Waals surface area (Å²) < 4.78 is 0. The number of benzene rings is 1. The van der Waals surface area contributed by atoms with Gasteiger partial charge in [0.05, 0.1) is 11.8 Å². The highest BCUT2D eigenvalue weighted by molar-refractivity contribution is 5.94. The second-order valence-corrected chi connectivity index (χ2v) is 3.98. The van der Waals surface area contributed by atoms with Crippen LogP contribution in [0, 0.1) is 6.92 Å². The lowest BCUT2D eigenvalue weighted by molar-refractivity contribution is 0.0955. The average Bonchev–Trinajstić information content (AvgIpc) is 2.42. The van der Waals surface area contributed by atoms with E-state index in [2.05, 4.69) is 15.5 Å². The molecule has 1 heterocycles. The second kappa shape index (κ2) is 5.77. The van der Waals surface area contributed by atoms with E-state index in [1.807, 2.05) is 6.92 Å². The van der Waals surface area contributed by atoms with E-state index in [0.29, 0.717) is 5.56 Å². The summed E-state index contributed by atoms with van der Waals surface area (Å²) in [5.74, 6) is -0.116. The number of aromatic nitrogens is 1. The Bertz CT molecular complexity index is 609. The fourth-order valence-corrected chi connectivity index (χ4v) is 1.53. The number of aromatic hydroxyl groups is 1. The van der Waals surface area contributed by atoms with Gasteiger partial charge >= 0.3 is 0 Å². The average molecular weight is 255 g/mol. The molecule has 2 N–H and O–H groups in total. The molecule has 2 rings (SSSR count). The van der Waals surface area contributed by atoms with Gasteiger partial charge in [-0.1, -0.05) is 0 Å². The van der Waals surface area contributed by atoms with Gasteiger partial charge in [-0.3, -0.25) is 9.78 Å². The van der Waals surface area contributed by atoms with Crippen LogP contribution in [0.15, 0.2) is 47.8 Å². The van der Waals surface area contributed by atoms with Gasteiger partial charge in [0.25, 0.3) is 5.91 Å². The van der Waals surface area contributed by atoms with Gasteiger partial charge in [0, 0.05) is 12.4 Å². The number of amides is 1. The number of aryl methyl sites for hydroxylation is 1. The van der Waals surface area contributed by atoms with Gasteiger partial charge in [0.2, 0.25) is 0 Å². The molecule has 0 atom stereocenters. The van der Waals surface area contributed by atoms with Crippen LogP contribution < -0.4 is 5.43 Å². The third kappa shape index (κ3) is 3.38. The summed E-state index contributed by atoms with van der Waals surface area (Å²) >= 11 is 0. The maximum Gasteiger partial charge on any atom is 0.272 e.